The number of anilines is 3. The van der Waals surface area contributed by atoms with Crippen LogP contribution >= 0.6 is 23.1 Å². The van der Waals surface area contributed by atoms with Crippen molar-refractivity contribution >= 4 is 82.1 Å². The Bertz CT molecular complexity index is 3070. The highest BCUT2D eigenvalue weighted by Crippen LogP contribution is 2.63. The highest BCUT2D eigenvalue weighted by molar-refractivity contribution is 7.99. The van der Waals surface area contributed by atoms with Crippen LogP contribution in [0.25, 0.3) is 47.7 Å². The van der Waals surface area contributed by atoms with E-state index in [1.807, 2.05) is 23.1 Å². The first kappa shape index (κ1) is 29.5. The third kappa shape index (κ3) is 3.94. The maximum absolute atomic E-state index is 2.54. The topological polar surface area (TPSA) is 8.17 Å². The van der Waals surface area contributed by atoms with Gasteiger partial charge in [0.2, 0.25) is 0 Å². The lowest BCUT2D eigenvalue weighted by atomic mass is 9.62. The average Bonchev–Trinajstić information content (AvgIpc) is 3.75. The van der Waals surface area contributed by atoms with Crippen LogP contribution in [0.1, 0.15) is 22.3 Å². The Labute approximate surface area is 315 Å². The number of hydrogen-bond donors (Lipinski definition) is 0. The lowest BCUT2D eigenvalue weighted by molar-refractivity contribution is 0.693. The van der Waals surface area contributed by atoms with Crippen LogP contribution in [0.2, 0.25) is 0 Å². The second-order valence-electron chi connectivity index (χ2n) is 14.1. The molecule has 2 aromatic heterocycles. The van der Waals surface area contributed by atoms with Crippen LogP contribution in [0.5, 0.6) is 0 Å². The van der Waals surface area contributed by atoms with E-state index < -0.39 is 5.41 Å². The summed E-state index contributed by atoms with van der Waals surface area (Å²) in [6, 6.07) is 67.8. The molecule has 0 atom stereocenters. The van der Waals surface area contributed by atoms with E-state index in [4.69, 9.17) is 0 Å². The largest absolute Gasteiger partial charge is 0.310 e. The van der Waals surface area contributed by atoms with E-state index in [1.165, 1.54) is 91.1 Å². The Morgan fingerprint density at radius 1 is 0.377 bits per heavy atom. The minimum Gasteiger partial charge on any atom is -0.310 e. The SMILES string of the molecule is c1ccc(N2c3ccccc3C3(c4ccccc4Sc4cc5c6ccccc6n(-c6ccc7sc8ccccc8c7c6)c5cc43)c3ccccc32)cc1. The fourth-order valence-corrected chi connectivity index (χ4v) is 11.6. The first-order valence-electron chi connectivity index (χ1n) is 18.1. The van der Waals surface area contributed by atoms with Crippen LogP contribution in [0, 0.1) is 0 Å². The third-order valence-corrected chi connectivity index (χ3v) is 13.7. The number of thiophene rings is 1. The lowest BCUT2D eigenvalue weighted by Crippen LogP contribution is -2.39. The number of rotatable bonds is 2. The molecule has 0 bridgehead atoms. The quantitative estimate of drug-likeness (QED) is 0.176. The van der Waals surface area contributed by atoms with Gasteiger partial charge in [-0.1, -0.05) is 121 Å². The van der Waals surface area contributed by atoms with Crippen LogP contribution in [-0.4, -0.2) is 4.57 Å². The minimum atomic E-state index is -0.543. The minimum absolute atomic E-state index is 0.543. The predicted octanol–water partition coefficient (Wildman–Crippen LogP) is 13.8. The van der Waals surface area contributed by atoms with Gasteiger partial charge in [-0.05, 0) is 95.1 Å². The van der Waals surface area contributed by atoms with Crippen LogP contribution in [0.4, 0.5) is 17.1 Å². The molecule has 0 saturated heterocycles. The second-order valence-corrected chi connectivity index (χ2v) is 16.2. The van der Waals surface area contributed by atoms with Crippen molar-refractivity contribution in [3.05, 3.63) is 204 Å². The second kappa shape index (κ2) is 11.0. The standard InChI is InChI=1S/C49H30N2S2/c1-2-14-31(15-3-1)50-42-22-10-6-18-37(42)49(38-19-7-11-23-43(38)50)39-20-8-13-25-47(39)53-48-29-35-33-16-4-9-21-41(33)51(44(35)30-40(48)49)32-26-27-46-36(28-32)34-17-5-12-24-45(34)52-46/h1-30H. The zero-order valence-electron chi connectivity index (χ0n) is 28.5. The molecule has 0 radical (unpaired) electrons. The van der Waals surface area contributed by atoms with E-state index in [9.17, 15) is 0 Å². The number of nitrogens with zero attached hydrogens (tertiary/aromatic N) is 2. The number of fused-ring (bicyclic) bond motifs is 14. The van der Waals surface area contributed by atoms with Crippen molar-refractivity contribution in [2.24, 2.45) is 0 Å². The molecule has 2 nitrogen and oxygen atoms in total. The number of hydrogen-bond acceptors (Lipinski definition) is 3. The fraction of sp³-hybridized carbons (Fsp3) is 0.0204. The zero-order valence-corrected chi connectivity index (χ0v) is 30.2. The summed E-state index contributed by atoms with van der Waals surface area (Å²) in [5, 5.41) is 5.18. The summed E-state index contributed by atoms with van der Waals surface area (Å²) >= 11 is 3.78. The monoisotopic (exact) mass is 710 g/mol. The van der Waals surface area contributed by atoms with Crippen LogP contribution in [0.3, 0.4) is 0 Å². The van der Waals surface area contributed by atoms with E-state index in [-0.39, 0.29) is 0 Å². The molecule has 0 amide bonds. The molecule has 0 N–H and O–H groups in total. The van der Waals surface area contributed by atoms with Gasteiger partial charge in [0.15, 0.2) is 0 Å². The van der Waals surface area contributed by atoms with Crippen molar-refractivity contribution in [2.45, 2.75) is 15.2 Å². The molecule has 0 aliphatic carbocycles. The van der Waals surface area contributed by atoms with E-state index in [0.717, 1.165) is 5.69 Å². The molecular weight excluding hydrogens is 681 g/mol. The highest BCUT2D eigenvalue weighted by Gasteiger charge is 2.50. The van der Waals surface area contributed by atoms with Crippen LogP contribution in [-0.2, 0) is 5.41 Å². The van der Waals surface area contributed by atoms with Crippen molar-refractivity contribution in [3.63, 3.8) is 0 Å². The van der Waals surface area contributed by atoms with Crippen molar-refractivity contribution in [3.8, 4) is 5.69 Å². The Morgan fingerprint density at radius 3 is 1.83 bits per heavy atom. The Hall–Kier alpha value is -6.07. The third-order valence-electron chi connectivity index (χ3n) is 11.4. The van der Waals surface area contributed by atoms with E-state index in [2.05, 4.69) is 191 Å². The van der Waals surface area contributed by atoms with Gasteiger partial charge in [-0.15, -0.1) is 11.3 Å². The number of para-hydroxylation sites is 4. The first-order valence-corrected chi connectivity index (χ1v) is 19.7. The van der Waals surface area contributed by atoms with E-state index >= 15 is 0 Å². The molecule has 1 spiro atoms. The van der Waals surface area contributed by atoms with Crippen molar-refractivity contribution in [1.29, 1.82) is 0 Å². The Kier molecular flexibility index (Phi) is 6.11. The molecule has 12 rings (SSSR count). The summed E-state index contributed by atoms with van der Waals surface area (Å²) in [6.45, 7) is 0. The molecule has 248 valence electrons. The summed E-state index contributed by atoms with van der Waals surface area (Å²) in [5.41, 5.74) is 11.9. The van der Waals surface area contributed by atoms with Gasteiger partial charge >= 0.3 is 0 Å². The molecular formula is C49H30N2S2. The summed E-state index contributed by atoms with van der Waals surface area (Å²) in [6.07, 6.45) is 0. The molecule has 10 aromatic rings. The average molecular weight is 711 g/mol. The molecule has 53 heavy (non-hydrogen) atoms. The molecule has 0 saturated carbocycles. The number of aromatic nitrogens is 1. The van der Waals surface area contributed by atoms with Gasteiger partial charge in [0.25, 0.3) is 0 Å². The molecule has 0 unspecified atom stereocenters. The Balaban J connectivity index is 1.22. The fourth-order valence-electron chi connectivity index (χ4n) is 9.31. The zero-order chi connectivity index (χ0) is 34.7. The summed E-state index contributed by atoms with van der Waals surface area (Å²) in [4.78, 5) is 5.06. The maximum atomic E-state index is 2.54. The van der Waals surface area contributed by atoms with Gasteiger partial charge in [0.1, 0.15) is 0 Å². The summed E-state index contributed by atoms with van der Waals surface area (Å²) in [7, 11) is 0. The normalized spacial score (nSPS) is 14.1. The lowest BCUT2D eigenvalue weighted by Gasteiger charge is -2.49. The maximum Gasteiger partial charge on any atom is 0.0764 e. The van der Waals surface area contributed by atoms with Gasteiger partial charge in [0, 0.05) is 52.1 Å². The van der Waals surface area contributed by atoms with Gasteiger partial charge in [-0.25, -0.2) is 0 Å². The Morgan fingerprint density at radius 2 is 1.02 bits per heavy atom. The van der Waals surface area contributed by atoms with Crippen LogP contribution < -0.4 is 4.90 Å². The highest BCUT2D eigenvalue weighted by atomic mass is 32.2. The molecule has 2 aliphatic rings. The smallest absolute Gasteiger partial charge is 0.0764 e. The predicted molar refractivity (Wildman–Crippen MR) is 224 cm³/mol. The van der Waals surface area contributed by atoms with Crippen molar-refractivity contribution in [2.75, 3.05) is 4.90 Å². The van der Waals surface area contributed by atoms with Crippen molar-refractivity contribution < 1.29 is 0 Å². The molecule has 8 aromatic carbocycles. The van der Waals surface area contributed by atoms with Gasteiger partial charge in [0.05, 0.1) is 27.8 Å². The number of benzene rings is 8. The van der Waals surface area contributed by atoms with Gasteiger partial charge in [-0.3, -0.25) is 0 Å². The molecule has 4 heterocycles. The summed E-state index contributed by atoms with van der Waals surface area (Å²) in [5.74, 6) is 0. The van der Waals surface area contributed by atoms with Gasteiger partial charge in [-0.2, -0.15) is 0 Å². The van der Waals surface area contributed by atoms with E-state index in [1.54, 1.807) is 0 Å². The molecule has 0 fully saturated rings. The molecule has 4 heteroatoms. The van der Waals surface area contributed by atoms with E-state index in [0.29, 0.717) is 0 Å². The van der Waals surface area contributed by atoms with Crippen molar-refractivity contribution in [1.82, 2.24) is 4.57 Å². The first-order chi connectivity index (χ1) is 26.3. The van der Waals surface area contributed by atoms with Crippen LogP contribution in [0.15, 0.2) is 192 Å². The molecule has 2 aliphatic heterocycles. The summed E-state index contributed by atoms with van der Waals surface area (Å²) < 4.78 is 5.15. The van der Waals surface area contributed by atoms with Gasteiger partial charge < -0.3 is 9.47 Å².